The van der Waals surface area contributed by atoms with Gasteiger partial charge in [-0.2, -0.15) is 0 Å². The van der Waals surface area contributed by atoms with Crippen molar-refractivity contribution in [3.05, 3.63) is 108 Å². The van der Waals surface area contributed by atoms with Crippen LogP contribution in [0.2, 0.25) is 0 Å². The number of benzene rings is 3. The van der Waals surface area contributed by atoms with Gasteiger partial charge < -0.3 is 30.4 Å². The molecule has 0 spiro atoms. The van der Waals surface area contributed by atoms with Gasteiger partial charge >= 0.3 is 17.9 Å². The summed E-state index contributed by atoms with van der Waals surface area (Å²) in [7, 11) is 0. The van der Waals surface area contributed by atoms with Crippen LogP contribution in [0.1, 0.15) is 126 Å². The number of unbranched alkanes of at least 4 members (excludes halogenated alkanes) is 2. The second-order valence-electron chi connectivity index (χ2n) is 16.4. The Kier molecular flexibility index (Phi) is 17.7. The van der Waals surface area contributed by atoms with Crippen molar-refractivity contribution in [2.24, 2.45) is 23.7 Å². The summed E-state index contributed by atoms with van der Waals surface area (Å²) in [4.78, 5) is 38.4. The summed E-state index contributed by atoms with van der Waals surface area (Å²) < 4.78 is 23.1. The lowest BCUT2D eigenvalue weighted by atomic mass is 9.80. The van der Waals surface area contributed by atoms with E-state index in [1.54, 1.807) is 66.7 Å². The van der Waals surface area contributed by atoms with Gasteiger partial charge in [0.1, 0.15) is 23.9 Å². The normalized spacial score (nSPS) is 19.9. The lowest BCUT2D eigenvalue weighted by molar-refractivity contribution is -0.141. The van der Waals surface area contributed by atoms with Crippen molar-refractivity contribution < 1.29 is 33.3 Å². The van der Waals surface area contributed by atoms with Crippen LogP contribution in [0, 0.1) is 23.7 Å². The van der Waals surface area contributed by atoms with Gasteiger partial charge in [0.2, 0.25) is 0 Å². The second kappa shape index (κ2) is 23.3. The van der Waals surface area contributed by atoms with Gasteiger partial charge in [-0.3, -0.25) is 9.59 Å². The highest BCUT2D eigenvalue weighted by molar-refractivity contribution is 5.87. The largest absolute Gasteiger partial charge is 0.493 e. The summed E-state index contributed by atoms with van der Waals surface area (Å²) in [5.74, 6) is 1.58. The standard InChI is InChI=1S/C50H64N2O7/c1-4-6-8-36-12-21-40(22-13-36)49(54)58-44-26-16-38(17-27-44)11-10-35(3)56-33-42(46-30-25-43(51)32-47(46)52)34-57-48(53)31-20-39-18-28-45(29-19-39)59-50(55)41-23-14-37(15-24-41)9-7-5-2/h10-11,16-20,25-32,36-37,40-42H,3-9,12-15,21-24,33-34,51-52H2,1-2H3/b11-10+,31-20+. The number of carbonyl (C=O) groups is 3. The number of carbonyl (C=O) groups excluding carboxylic acids is 3. The van der Waals surface area contributed by atoms with E-state index in [-0.39, 0.29) is 37.0 Å². The number of allylic oxidation sites excluding steroid dienone is 1. The first-order chi connectivity index (χ1) is 28.6. The van der Waals surface area contributed by atoms with E-state index in [0.29, 0.717) is 28.6 Å². The number of hydrogen-bond donors (Lipinski definition) is 2. The summed E-state index contributed by atoms with van der Waals surface area (Å²) in [6, 6.07) is 19.6. The lowest BCUT2D eigenvalue weighted by Gasteiger charge is -2.27. The molecule has 0 bridgehead atoms. The molecule has 0 saturated heterocycles. The van der Waals surface area contributed by atoms with Crippen LogP contribution in [-0.4, -0.2) is 31.1 Å². The minimum Gasteiger partial charge on any atom is -0.493 e. The number of rotatable bonds is 20. The fourth-order valence-corrected chi connectivity index (χ4v) is 8.08. The maximum absolute atomic E-state index is 12.8. The molecule has 0 aromatic heterocycles. The number of esters is 3. The minimum atomic E-state index is -0.531. The van der Waals surface area contributed by atoms with Crippen molar-refractivity contribution in [1.82, 2.24) is 0 Å². The molecule has 0 aliphatic heterocycles. The fraction of sp³-hybridized carbons (Fsp3) is 0.460. The van der Waals surface area contributed by atoms with E-state index in [9.17, 15) is 14.4 Å². The Bertz CT molecular complexity index is 1760. The Labute approximate surface area is 351 Å². The van der Waals surface area contributed by atoms with Gasteiger partial charge in [-0.05, 0) is 128 Å². The molecular formula is C50H64N2O7. The number of nitrogen functional groups attached to an aromatic ring is 2. The van der Waals surface area contributed by atoms with Crippen LogP contribution in [0.5, 0.6) is 11.5 Å². The van der Waals surface area contributed by atoms with Gasteiger partial charge in [-0.25, -0.2) is 4.79 Å². The second-order valence-corrected chi connectivity index (χ2v) is 16.4. The zero-order chi connectivity index (χ0) is 42.0. The average molecular weight is 805 g/mol. The van der Waals surface area contributed by atoms with Crippen LogP contribution >= 0.6 is 0 Å². The number of nitrogens with two attached hydrogens (primary N) is 2. The van der Waals surface area contributed by atoms with Crippen molar-refractivity contribution in [2.45, 2.75) is 110 Å². The van der Waals surface area contributed by atoms with Gasteiger partial charge in [-0.15, -0.1) is 0 Å². The predicted molar refractivity (Wildman–Crippen MR) is 236 cm³/mol. The van der Waals surface area contributed by atoms with E-state index in [0.717, 1.165) is 79.9 Å². The molecule has 5 rings (SSSR count). The lowest BCUT2D eigenvalue weighted by Crippen LogP contribution is -2.25. The highest BCUT2D eigenvalue weighted by atomic mass is 16.5. The van der Waals surface area contributed by atoms with Crippen LogP contribution < -0.4 is 20.9 Å². The summed E-state index contributed by atoms with van der Waals surface area (Å²) in [5.41, 5.74) is 15.6. The maximum atomic E-state index is 12.8. The molecule has 2 aliphatic carbocycles. The van der Waals surface area contributed by atoms with Gasteiger partial charge in [0.05, 0.1) is 24.4 Å². The van der Waals surface area contributed by atoms with E-state index >= 15 is 0 Å². The molecule has 0 amide bonds. The van der Waals surface area contributed by atoms with Crippen molar-refractivity contribution in [1.29, 1.82) is 0 Å². The first-order valence-electron chi connectivity index (χ1n) is 21.7. The van der Waals surface area contributed by atoms with Crippen LogP contribution in [-0.2, 0) is 23.9 Å². The third kappa shape index (κ3) is 14.8. The Hall–Kier alpha value is -5.31. The van der Waals surface area contributed by atoms with Crippen molar-refractivity contribution >= 4 is 41.4 Å². The maximum Gasteiger partial charge on any atom is 0.330 e. The van der Waals surface area contributed by atoms with E-state index in [4.69, 9.17) is 30.4 Å². The summed E-state index contributed by atoms with van der Waals surface area (Å²) in [6.45, 7) is 8.62. The van der Waals surface area contributed by atoms with E-state index in [1.807, 2.05) is 18.2 Å². The molecule has 0 radical (unpaired) electrons. The molecular weight excluding hydrogens is 741 g/mol. The Balaban J connectivity index is 1.07. The first kappa shape index (κ1) is 44.8. The van der Waals surface area contributed by atoms with Gasteiger partial charge in [0.25, 0.3) is 0 Å². The number of ether oxygens (including phenoxy) is 4. The molecule has 59 heavy (non-hydrogen) atoms. The fourth-order valence-electron chi connectivity index (χ4n) is 8.08. The average Bonchev–Trinajstić information content (AvgIpc) is 3.25. The Morgan fingerprint density at radius 1 is 0.661 bits per heavy atom. The summed E-state index contributed by atoms with van der Waals surface area (Å²) in [6.07, 6.45) is 22.0. The Morgan fingerprint density at radius 3 is 1.61 bits per heavy atom. The highest BCUT2D eigenvalue weighted by Crippen LogP contribution is 2.34. The SMILES string of the molecule is C=C(/C=C/c1ccc(OC(=O)C2CCC(CCCC)CC2)cc1)OCC(COC(=O)/C=C/c1ccc(OC(=O)C2CCC(CCCC)CC2)cc1)c1ccc(N)cc1N. The minimum absolute atomic E-state index is 0.00414. The molecule has 4 N–H and O–H groups in total. The molecule has 316 valence electrons. The Morgan fingerprint density at radius 2 is 1.14 bits per heavy atom. The van der Waals surface area contributed by atoms with Gasteiger partial charge in [0.15, 0.2) is 0 Å². The molecule has 1 atom stereocenters. The molecule has 9 nitrogen and oxygen atoms in total. The highest BCUT2D eigenvalue weighted by Gasteiger charge is 2.29. The zero-order valence-electron chi connectivity index (χ0n) is 35.1. The van der Waals surface area contributed by atoms with Crippen molar-refractivity contribution in [2.75, 3.05) is 24.7 Å². The van der Waals surface area contributed by atoms with Crippen LogP contribution in [0.25, 0.3) is 12.2 Å². The van der Waals surface area contributed by atoms with Crippen molar-refractivity contribution in [3.8, 4) is 11.5 Å². The number of anilines is 2. The zero-order valence-corrected chi connectivity index (χ0v) is 35.1. The molecule has 2 saturated carbocycles. The third-order valence-electron chi connectivity index (χ3n) is 11.8. The smallest absolute Gasteiger partial charge is 0.330 e. The molecule has 2 fully saturated rings. The van der Waals surface area contributed by atoms with Crippen LogP contribution in [0.4, 0.5) is 11.4 Å². The van der Waals surface area contributed by atoms with E-state index in [1.165, 1.54) is 44.6 Å². The van der Waals surface area contributed by atoms with Crippen molar-refractivity contribution in [3.63, 3.8) is 0 Å². The predicted octanol–water partition coefficient (Wildman–Crippen LogP) is 11.2. The quantitative estimate of drug-likeness (QED) is 0.0285. The monoisotopic (exact) mass is 804 g/mol. The van der Waals surface area contributed by atoms with Gasteiger partial charge in [0, 0.05) is 17.5 Å². The first-order valence-corrected chi connectivity index (χ1v) is 21.7. The van der Waals surface area contributed by atoms with E-state index in [2.05, 4.69) is 20.4 Å². The number of hydrogen-bond acceptors (Lipinski definition) is 9. The summed E-state index contributed by atoms with van der Waals surface area (Å²) in [5, 5.41) is 0. The molecule has 3 aromatic rings. The molecule has 1 unspecified atom stereocenters. The molecule has 3 aromatic carbocycles. The molecule has 0 heterocycles. The topological polar surface area (TPSA) is 140 Å². The van der Waals surface area contributed by atoms with E-state index < -0.39 is 11.9 Å². The van der Waals surface area contributed by atoms with Crippen LogP contribution in [0.15, 0.2) is 91.2 Å². The third-order valence-corrected chi connectivity index (χ3v) is 11.8. The summed E-state index contributed by atoms with van der Waals surface area (Å²) >= 11 is 0. The van der Waals surface area contributed by atoms with Crippen LogP contribution in [0.3, 0.4) is 0 Å². The molecule has 2 aliphatic rings. The van der Waals surface area contributed by atoms with Gasteiger partial charge in [-0.1, -0.05) is 95.4 Å². The molecule has 9 heteroatoms.